The number of benzene rings is 1. The molecule has 24 heavy (non-hydrogen) atoms. The normalized spacial score (nSPS) is 32.7. The second-order valence-corrected chi connectivity index (χ2v) is 8.03. The summed E-state index contributed by atoms with van der Waals surface area (Å²) in [5.41, 5.74) is 1.33. The van der Waals surface area contributed by atoms with Gasteiger partial charge in [0.15, 0.2) is 12.1 Å². The fourth-order valence-corrected chi connectivity index (χ4v) is 4.64. The Hall–Kier alpha value is -0.630. The minimum absolute atomic E-state index is 0.0466. The van der Waals surface area contributed by atoms with E-state index in [1.165, 1.54) is 5.56 Å². The summed E-state index contributed by atoms with van der Waals surface area (Å²) in [7, 11) is 0. The minimum atomic E-state index is -0.919. The van der Waals surface area contributed by atoms with Crippen LogP contribution in [-0.2, 0) is 20.6 Å². The van der Waals surface area contributed by atoms with Crippen molar-refractivity contribution in [2.24, 2.45) is 0 Å². The molecule has 1 aromatic carbocycles. The van der Waals surface area contributed by atoms with Gasteiger partial charge in [0.1, 0.15) is 18.3 Å². The summed E-state index contributed by atoms with van der Waals surface area (Å²) in [6.07, 6.45) is -0.0218. The van der Waals surface area contributed by atoms with Crippen LogP contribution in [0.2, 0.25) is 0 Å². The average molecular weight is 354 g/mol. The first kappa shape index (κ1) is 18.2. The molecule has 0 aromatic heterocycles. The topological polar surface area (TPSA) is 68.2 Å². The van der Waals surface area contributed by atoms with Crippen molar-refractivity contribution in [1.82, 2.24) is 0 Å². The van der Waals surface area contributed by atoms with Gasteiger partial charge in [-0.05, 0) is 38.0 Å². The van der Waals surface area contributed by atoms with Crippen molar-refractivity contribution in [2.75, 3.05) is 12.4 Å². The second-order valence-electron chi connectivity index (χ2n) is 6.74. The van der Waals surface area contributed by atoms with Crippen LogP contribution in [0.4, 0.5) is 0 Å². The van der Waals surface area contributed by atoms with Gasteiger partial charge < -0.3 is 24.4 Å². The van der Waals surface area contributed by atoms with Gasteiger partial charge in [-0.25, -0.2) is 0 Å². The number of hydrogen-bond acceptors (Lipinski definition) is 6. The maximum absolute atomic E-state index is 10.0. The van der Waals surface area contributed by atoms with Crippen molar-refractivity contribution in [3.8, 4) is 0 Å². The summed E-state index contributed by atoms with van der Waals surface area (Å²) in [5, 5.41) is 19.3. The standard InChI is InChI=1S/C18H26O5S/c1-18(2)22-15-16(14(13(20)11-19)21-17(15)23-18)24-10-6-9-12-7-4-3-5-8-12/h3-5,7-8,13-17,19-20H,6,9-11H2,1-2H3/t13-,14-,15-,16+,17-/m1/s1. The molecule has 2 aliphatic rings. The highest BCUT2D eigenvalue weighted by molar-refractivity contribution is 8.00. The summed E-state index contributed by atoms with van der Waals surface area (Å²) in [6.45, 7) is 3.40. The Morgan fingerprint density at radius 1 is 1.21 bits per heavy atom. The number of ether oxygens (including phenoxy) is 3. The predicted octanol–water partition coefficient (Wildman–Crippen LogP) is 1.95. The highest BCUT2D eigenvalue weighted by atomic mass is 32.2. The molecular weight excluding hydrogens is 328 g/mol. The van der Waals surface area contributed by atoms with Gasteiger partial charge in [-0.3, -0.25) is 0 Å². The van der Waals surface area contributed by atoms with E-state index in [2.05, 4.69) is 24.3 Å². The summed E-state index contributed by atoms with van der Waals surface area (Å²) in [6, 6.07) is 10.4. The third kappa shape index (κ3) is 4.12. The molecule has 2 saturated heterocycles. The quantitative estimate of drug-likeness (QED) is 0.730. The molecule has 0 bridgehead atoms. The largest absolute Gasteiger partial charge is 0.394 e. The van der Waals surface area contributed by atoms with Gasteiger partial charge in [0.2, 0.25) is 0 Å². The maximum atomic E-state index is 10.0. The van der Waals surface area contributed by atoms with Crippen LogP contribution in [0, 0.1) is 0 Å². The zero-order valence-electron chi connectivity index (χ0n) is 14.1. The monoisotopic (exact) mass is 354 g/mol. The van der Waals surface area contributed by atoms with Crippen molar-refractivity contribution >= 4 is 11.8 Å². The smallest absolute Gasteiger partial charge is 0.188 e. The molecule has 1 aromatic rings. The number of thioether (sulfide) groups is 1. The van der Waals surface area contributed by atoms with E-state index in [0.29, 0.717) is 0 Å². The van der Waals surface area contributed by atoms with Crippen LogP contribution in [0.25, 0.3) is 0 Å². The average Bonchev–Trinajstić information content (AvgIpc) is 3.04. The first-order valence-electron chi connectivity index (χ1n) is 8.46. The van der Waals surface area contributed by atoms with E-state index < -0.39 is 24.3 Å². The Morgan fingerprint density at radius 3 is 2.67 bits per heavy atom. The molecule has 2 heterocycles. The van der Waals surface area contributed by atoms with Gasteiger partial charge >= 0.3 is 0 Å². The fourth-order valence-electron chi connectivity index (χ4n) is 3.25. The van der Waals surface area contributed by atoms with Gasteiger partial charge in [-0.1, -0.05) is 30.3 Å². The lowest BCUT2D eigenvalue weighted by atomic mass is 10.1. The van der Waals surface area contributed by atoms with Gasteiger partial charge in [0.25, 0.3) is 0 Å². The Kier molecular flexibility index (Phi) is 5.85. The SMILES string of the molecule is CC1(C)O[C@H]2O[C@H]([C@H](O)CO)[C@H](SCCCc3ccccc3)[C@H]2O1. The van der Waals surface area contributed by atoms with Crippen LogP contribution < -0.4 is 0 Å². The molecule has 2 aliphatic heterocycles. The molecule has 2 fully saturated rings. The van der Waals surface area contributed by atoms with E-state index in [1.807, 2.05) is 19.9 Å². The lowest BCUT2D eigenvalue weighted by Gasteiger charge is -2.27. The van der Waals surface area contributed by atoms with E-state index in [1.54, 1.807) is 11.8 Å². The number of aliphatic hydroxyl groups excluding tert-OH is 2. The molecule has 2 N–H and O–H groups in total. The Bertz CT molecular complexity index is 523. The molecule has 6 heteroatoms. The van der Waals surface area contributed by atoms with Crippen molar-refractivity contribution in [1.29, 1.82) is 0 Å². The third-order valence-corrected chi connectivity index (χ3v) is 5.80. The van der Waals surface area contributed by atoms with E-state index in [9.17, 15) is 10.2 Å². The van der Waals surface area contributed by atoms with Crippen LogP contribution in [0.1, 0.15) is 25.8 Å². The first-order valence-corrected chi connectivity index (χ1v) is 9.50. The van der Waals surface area contributed by atoms with Crippen LogP contribution >= 0.6 is 11.8 Å². The zero-order valence-corrected chi connectivity index (χ0v) is 14.9. The zero-order chi connectivity index (χ0) is 17.2. The molecule has 5 nitrogen and oxygen atoms in total. The highest BCUT2D eigenvalue weighted by Gasteiger charge is 2.56. The Balaban J connectivity index is 1.56. The lowest BCUT2D eigenvalue weighted by Crippen LogP contribution is -2.41. The summed E-state index contributed by atoms with van der Waals surface area (Å²) >= 11 is 1.73. The minimum Gasteiger partial charge on any atom is -0.394 e. The van der Waals surface area contributed by atoms with Crippen molar-refractivity contribution < 1.29 is 24.4 Å². The molecule has 0 spiro atoms. The molecule has 0 unspecified atom stereocenters. The molecule has 0 aliphatic carbocycles. The van der Waals surface area contributed by atoms with Crippen molar-refractivity contribution in [3.63, 3.8) is 0 Å². The number of hydrogen-bond donors (Lipinski definition) is 2. The van der Waals surface area contributed by atoms with Gasteiger partial charge in [0, 0.05) is 0 Å². The van der Waals surface area contributed by atoms with Crippen LogP contribution in [0.5, 0.6) is 0 Å². The molecule has 134 valence electrons. The lowest BCUT2D eigenvalue weighted by molar-refractivity contribution is -0.214. The van der Waals surface area contributed by atoms with Crippen LogP contribution in [0.3, 0.4) is 0 Å². The summed E-state index contributed by atoms with van der Waals surface area (Å²) < 4.78 is 17.5. The number of aliphatic hydroxyl groups is 2. The van der Waals surface area contributed by atoms with Gasteiger partial charge in [-0.15, -0.1) is 0 Å². The molecular formula is C18H26O5S. The van der Waals surface area contributed by atoms with Crippen LogP contribution in [0.15, 0.2) is 30.3 Å². The summed E-state index contributed by atoms with van der Waals surface area (Å²) in [4.78, 5) is 0. The van der Waals surface area contributed by atoms with Gasteiger partial charge in [-0.2, -0.15) is 11.8 Å². The molecule has 3 rings (SSSR count). The molecule has 0 saturated carbocycles. The first-order chi connectivity index (χ1) is 11.5. The van der Waals surface area contributed by atoms with Crippen molar-refractivity contribution in [2.45, 2.75) is 62.3 Å². The Morgan fingerprint density at radius 2 is 1.96 bits per heavy atom. The number of fused-ring (bicyclic) bond motifs is 1. The highest BCUT2D eigenvalue weighted by Crippen LogP contribution is 2.43. The Labute approximate surface area is 147 Å². The second kappa shape index (κ2) is 7.72. The van der Waals surface area contributed by atoms with Crippen molar-refractivity contribution in [3.05, 3.63) is 35.9 Å². The molecule has 0 radical (unpaired) electrons. The van der Waals surface area contributed by atoms with E-state index in [4.69, 9.17) is 14.2 Å². The molecule has 0 amide bonds. The third-order valence-electron chi connectivity index (χ3n) is 4.36. The van der Waals surface area contributed by atoms with Crippen LogP contribution in [-0.4, -0.2) is 58.2 Å². The van der Waals surface area contributed by atoms with Gasteiger partial charge in [0.05, 0.1) is 11.9 Å². The van der Waals surface area contributed by atoms with E-state index in [0.717, 1.165) is 18.6 Å². The number of aryl methyl sites for hydroxylation is 1. The maximum Gasteiger partial charge on any atom is 0.188 e. The molecule has 5 atom stereocenters. The number of rotatable bonds is 7. The van der Waals surface area contributed by atoms with E-state index in [-0.39, 0.29) is 18.0 Å². The summed E-state index contributed by atoms with van der Waals surface area (Å²) in [5.74, 6) is 0.262. The predicted molar refractivity (Wildman–Crippen MR) is 92.8 cm³/mol. The fraction of sp³-hybridized carbons (Fsp3) is 0.667. The van der Waals surface area contributed by atoms with E-state index >= 15 is 0 Å².